The lowest BCUT2D eigenvalue weighted by Crippen LogP contribution is -2.44. The summed E-state index contributed by atoms with van der Waals surface area (Å²) >= 11 is 0. The van der Waals surface area contributed by atoms with Gasteiger partial charge in [0.05, 0.1) is 17.6 Å². The van der Waals surface area contributed by atoms with Crippen LogP contribution in [0.1, 0.15) is 30.1 Å². The predicted molar refractivity (Wildman–Crippen MR) is 112 cm³/mol. The number of benzene rings is 1. The smallest absolute Gasteiger partial charge is 0.335 e. The number of imidazole rings is 1. The van der Waals surface area contributed by atoms with Crippen LogP contribution in [0.25, 0.3) is 21.9 Å². The van der Waals surface area contributed by atoms with E-state index >= 15 is 0 Å². The summed E-state index contributed by atoms with van der Waals surface area (Å²) in [5, 5.41) is 10.0. The molecule has 0 bridgehead atoms. The van der Waals surface area contributed by atoms with Gasteiger partial charge >= 0.3 is 5.97 Å². The molecule has 1 aliphatic heterocycles. The summed E-state index contributed by atoms with van der Waals surface area (Å²) in [5.74, 6) is 5.54. The number of carbonyl (C=O) groups is 1. The van der Waals surface area contributed by atoms with Gasteiger partial charge < -0.3 is 20.3 Å². The molecule has 0 amide bonds. The maximum absolute atomic E-state index is 13.2. The van der Waals surface area contributed by atoms with Crippen LogP contribution >= 0.6 is 0 Å². The van der Waals surface area contributed by atoms with Crippen LogP contribution in [-0.4, -0.2) is 44.3 Å². The van der Waals surface area contributed by atoms with Gasteiger partial charge in [-0.1, -0.05) is 5.92 Å². The van der Waals surface area contributed by atoms with E-state index in [4.69, 9.17) is 10.7 Å². The number of aryl methyl sites for hydroxylation is 1. The quantitative estimate of drug-likeness (QED) is 0.654. The molecule has 3 aromatic rings. The standard InChI is InChI=1S/C21H23N5O3/c1-3-4-10-26-18-17(23-21(26)25-9-5-6-14(22)12-25)15-11-13(20(28)29)7-8-16(15)24(2)19(18)27/h7-8,11,14H,5-6,9-10,12,22H2,1-2H3,(H,28,29)/t14-/m1/s1. The van der Waals surface area contributed by atoms with Gasteiger partial charge in [0.2, 0.25) is 5.95 Å². The third kappa shape index (κ3) is 3.13. The van der Waals surface area contributed by atoms with E-state index in [9.17, 15) is 14.7 Å². The number of carboxylic acids is 1. The summed E-state index contributed by atoms with van der Waals surface area (Å²) < 4.78 is 3.37. The van der Waals surface area contributed by atoms with Gasteiger partial charge in [-0.2, -0.15) is 0 Å². The van der Waals surface area contributed by atoms with Crippen molar-refractivity contribution in [2.45, 2.75) is 32.4 Å². The van der Waals surface area contributed by atoms with Gasteiger partial charge in [0, 0.05) is 31.6 Å². The zero-order valence-corrected chi connectivity index (χ0v) is 16.5. The maximum Gasteiger partial charge on any atom is 0.335 e. The molecule has 0 unspecified atom stereocenters. The first-order valence-electron chi connectivity index (χ1n) is 9.58. The number of piperidine rings is 1. The second-order valence-corrected chi connectivity index (χ2v) is 7.37. The van der Waals surface area contributed by atoms with E-state index in [2.05, 4.69) is 16.7 Å². The van der Waals surface area contributed by atoms with Gasteiger partial charge in [-0.05, 0) is 38.0 Å². The van der Waals surface area contributed by atoms with Gasteiger partial charge in [-0.25, -0.2) is 9.78 Å². The second kappa shape index (κ2) is 7.26. The summed E-state index contributed by atoms with van der Waals surface area (Å²) in [6, 6.07) is 4.78. The van der Waals surface area contributed by atoms with E-state index in [-0.39, 0.29) is 17.2 Å². The lowest BCUT2D eigenvalue weighted by atomic mass is 10.1. The Balaban J connectivity index is 2.07. The molecule has 8 heteroatoms. The summed E-state index contributed by atoms with van der Waals surface area (Å²) in [7, 11) is 1.68. The lowest BCUT2D eigenvalue weighted by Gasteiger charge is -2.31. The van der Waals surface area contributed by atoms with Crippen LogP contribution in [0, 0.1) is 11.8 Å². The Morgan fingerprint density at radius 3 is 2.90 bits per heavy atom. The highest BCUT2D eigenvalue weighted by atomic mass is 16.4. The fraction of sp³-hybridized carbons (Fsp3) is 0.381. The van der Waals surface area contributed by atoms with Crippen molar-refractivity contribution >= 4 is 33.9 Å². The van der Waals surface area contributed by atoms with Crippen LogP contribution < -0.4 is 16.2 Å². The van der Waals surface area contributed by atoms with Crippen LogP contribution in [0.15, 0.2) is 23.0 Å². The molecular weight excluding hydrogens is 370 g/mol. The molecule has 1 atom stereocenters. The third-order valence-corrected chi connectivity index (χ3v) is 5.47. The fourth-order valence-electron chi connectivity index (χ4n) is 4.01. The number of hydrogen-bond donors (Lipinski definition) is 2. The topological polar surface area (TPSA) is 106 Å². The van der Waals surface area contributed by atoms with Crippen LogP contribution in [-0.2, 0) is 13.6 Å². The number of nitrogens with two attached hydrogens (primary N) is 1. The SMILES string of the molecule is CC#CCn1c(N2CCC[C@@H](N)C2)nc2c3cc(C(=O)O)ccc3n(C)c(=O)c21. The number of carboxylic acid groups (broad SMARTS) is 1. The molecule has 0 radical (unpaired) electrons. The molecule has 3 N–H and O–H groups in total. The summed E-state index contributed by atoms with van der Waals surface area (Å²) in [5.41, 5.74) is 7.70. The Morgan fingerprint density at radius 2 is 2.21 bits per heavy atom. The van der Waals surface area contributed by atoms with Crippen LogP contribution in [0.4, 0.5) is 5.95 Å². The van der Waals surface area contributed by atoms with Gasteiger partial charge in [-0.3, -0.25) is 9.36 Å². The number of pyridine rings is 1. The Kier molecular flexibility index (Phi) is 4.76. The Hall–Kier alpha value is -3.31. The normalized spacial score (nSPS) is 16.8. The first-order valence-corrected chi connectivity index (χ1v) is 9.58. The molecule has 0 aliphatic carbocycles. The average molecular weight is 393 g/mol. The molecule has 1 aromatic carbocycles. The first kappa shape index (κ1) is 19.0. The molecule has 4 rings (SSSR count). The van der Waals surface area contributed by atoms with Crippen molar-refractivity contribution in [3.8, 4) is 11.8 Å². The van der Waals surface area contributed by atoms with Crippen molar-refractivity contribution < 1.29 is 9.90 Å². The number of hydrogen-bond acceptors (Lipinski definition) is 5. The van der Waals surface area contributed by atoms with Crippen LogP contribution in [0.3, 0.4) is 0 Å². The Bertz CT molecular complexity index is 1240. The zero-order chi connectivity index (χ0) is 20.7. The fourth-order valence-corrected chi connectivity index (χ4v) is 4.01. The highest BCUT2D eigenvalue weighted by molar-refractivity contribution is 6.06. The zero-order valence-electron chi connectivity index (χ0n) is 16.5. The number of rotatable bonds is 3. The molecule has 2 aromatic heterocycles. The van der Waals surface area contributed by atoms with Crippen molar-refractivity contribution in [3.63, 3.8) is 0 Å². The van der Waals surface area contributed by atoms with Crippen molar-refractivity contribution in [2.75, 3.05) is 18.0 Å². The minimum Gasteiger partial charge on any atom is -0.478 e. The highest BCUT2D eigenvalue weighted by Crippen LogP contribution is 2.29. The molecule has 1 fully saturated rings. The number of anilines is 1. The van der Waals surface area contributed by atoms with Crippen molar-refractivity contribution in [1.82, 2.24) is 14.1 Å². The Morgan fingerprint density at radius 1 is 1.41 bits per heavy atom. The molecule has 1 saturated heterocycles. The summed E-state index contributed by atoms with van der Waals surface area (Å²) in [6.45, 7) is 3.53. The van der Waals surface area contributed by atoms with E-state index in [1.54, 1.807) is 26.1 Å². The molecule has 29 heavy (non-hydrogen) atoms. The van der Waals surface area contributed by atoms with E-state index in [1.807, 2.05) is 4.57 Å². The third-order valence-electron chi connectivity index (χ3n) is 5.47. The molecular formula is C21H23N5O3. The number of aromatic nitrogens is 3. The number of aromatic carboxylic acids is 1. The molecule has 0 spiro atoms. The second-order valence-electron chi connectivity index (χ2n) is 7.37. The van der Waals surface area contributed by atoms with Crippen molar-refractivity contribution in [3.05, 3.63) is 34.1 Å². The molecule has 1 aliphatic rings. The Labute approximate surface area is 167 Å². The molecule has 150 valence electrons. The van der Waals surface area contributed by atoms with E-state index in [1.165, 1.54) is 10.6 Å². The largest absolute Gasteiger partial charge is 0.478 e. The maximum atomic E-state index is 13.2. The summed E-state index contributed by atoms with van der Waals surface area (Å²) in [4.78, 5) is 31.6. The van der Waals surface area contributed by atoms with Gasteiger partial charge in [0.25, 0.3) is 5.56 Å². The minimum absolute atomic E-state index is 0.0486. The minimum atomic E-state index is -1.02. The van der Waals surface area contributed by atoms with E-state index in [0.29, 0.717) is 41.0 Å². The van der Waals surface area contributed by atoms with Crippen molar-refractivity contribution in [1.29, 1.82) is 0 Å². The number of fused-ring (bicyclic) bond motifs is 3. The predicted octanol–water partition coefficient (Wildman–Crippen LogP) is 1.54. The first-order chi connectivity index (χ1) is 13.9. The van der Waals surface area contributed by atoms with Crippen molar-refractivity contribution in [2.24, 2.45) is 12.8 Å². The molecule has 0 saturated carbocycles. The van der Waals surface area contributed by atoms with Crippen LogP contribution in [0.2, 0.25) is 0 Å². The lowest BCUT2D eigenvalue weighted by molar-refractivity contribution is 0.0697. The highest BCUT2D eigenvalue weighted by Gasteiger charge is 2.25. The monoisotopic (exact) mass is 393 g/mol. The van der Waals surface area contributed by atoms with E-state index in [0.717, 1.165) is 19.4 Å². The summed E-state index contributed by atoms with van der Waals surface area (Å²) in [6.07, 6.45) is 1.91. The van der Waals surface area contributed by atoms with Gasteiger partial charge in [0.15, 0.2) is 0 Å². The molecule has 8 nitrogen and oxygen atoms in total. The van der Waals surface area contributed by atoms with Gasteiger partial charge in [-0.15, -0.1) is 5.92 Å². The number of nitrogens with zero attached hydrogens (tertiary/aromatic N) is 4. The van der Waals surface area contributed by atoms with Crippen LogP contribution in [0.5, 0.6) is 0 Å². The molecule has 3 heterocycles. The van der Waals surface area contributed by atoms with E-state index < -0.39 is 5.97 Å². The van der Waals surface area contributed by atoms with Gasteiger partial charge in [0.1, 0.15) is 11.0 Å². The average Bonchev–Trinajstić information content (AvgIpc) is 3.09.